The molecule has 2 aliphatic rings. The van der Waals surface area contributed by atoms with Gasteiger partial charge in [-0.2, -0.15) is 0 Å². The van der Waals surface area contributed by atoms with E-state index in [1.807, 2.05) is 78.9 Å². The number of hydrogen-bond acceptors (Lipinski definition) is 6. The largest absolute Gasteiger partial charge is 0.457 e. The molecule has 2 saturated heterocycles. The van der Waals surface area contributed by atoms with Gasteiger partial charge in [0.15, 0.2) is 6.29 Å². The van der Waals surface area contributed by atoms with Gasteiger partial charge in [0.25, 0.3) is 0 Å². The SMILES string of the molecule is CC1C(CN2CCCCCCC2)OC(c2cccc(-c3cccc(CNC(=O)Nc4ccc(Oc5ccccc5)cc4)c3)c2)OC1c1ccc(CO)cc1. The summed E-state index contributed by atoms with van der Waals surface area (Å²) < 4.78 is 19.5. The first-order valence-corrected chi connectivity index (χ1v) is 19.3. The number of rotatable bonds is 11. The first-order valence-electron chi connectivity index (χ1n) is 19.3. The van der Waals surface area contributed by atoms with Crippen LogP contribution < -0.4 is 15.4 Å². The van der Waals surface area contributed by atoms with Crippen LogP contribution in [0.2, 0.25) is 0 Å². The third-order valence-corrected chi connectivity index (χ3v) is 10.5. The summed E-state index contributed by atoms with van der Waals surface area (Å²) in [7, 11) is 0. The van der Waals surface area contributed by atoms with E-state index < -0.39 is 6.29 Å². The highest BCUT2D eigenvalue weighted by Gasteiger charge is 2.39. The van der Waals surface area contributed by atoms with Gasteiger partial charge >= 0.3 is 6.03 Å². The lowest BCUT2D eigenvalue weighted by atomic mass is 9.89. The molecule has 8 heteroatoms. The summed E-state index contributed by atoms with van der Waals surface area (Å²) >= 11 is 0. The molecular weight excluding hydrogens is 675 g/mol. The number of anilines is 1. The van der Waals surface area contributed by atoms with Crippen molar-refractivity contribution in [3.8, 4) is 22.6 Å². The number of carbonyl (C=O) groups excluding carboxylic acids is 1. The Hall–Kier alpha value is -4.99. The minimum absolute atomic E-state index is 0.00420. The minimum atomic E-state index is -0.532. The number of hydrogen-bond donors (Lipinski definition) is 3. The Morgan fingerprint density at radius 1 is 0.722 bits per heavy atom. The Balaban J connectivity index is 1.02. The van der Waals surface area contributed by atoms with Crippen molar-refractivity contribution in [1.29, 1.82) is 0 Å². The van der Waals surface area contributed by atoms with Crippen LogP contribution in [0.1, 0.15) is 73.7 Å². The summed E-state index contributed by atoms with van der Waals surface area (Å²) in [5.41, 5.74) is 6.71. The Bertz CT molecular complexity index is 1930. The lowest BCUT2D eigenvalue weighted by molar-refractivity contribution is -0.276. The maximum Gasteiger partial charge on any atom is 0.319 e. The molecule has 4 unspecified atom stereocenters. The summed E-state index contributed by atoms with van der Waals surface area (Å²) in [6, 6.07) is 41.3. The van der Waals surface area contributed by atoms with Gasteiger partial charge in [0.1, 0.15) is 11.5 Å². The second kappa shape index (κ2) is 18.4. The summed E-state index contributed by atoms with van der Waals surface area (Å²) in [6.07, 6.45) is 5.69. The van der Waals surface area contributed by atoms with E-state index in [0.29, 0.717) is 18.0 Å². The number of nitrogens with one attached hydrogen (secondary N) is 2. The summed E-state index contributed by atoms with van der Waals surface area (Å²) in [5.74, 6) is 1.60. The molecule has 7 rings (SSSR count). The quantitative estimate of drug-likeness (QED) is 0.126. The molecule has 280 valence electrons. The molecule has 0 aromatic heterocycles. The molecule has 0 bridgehead atoms. The number of amides is 2. The lowest BCUT2D eigenvalue weighted by Crippen LogP contribution is -2.45. The fourth-order valence-corrected chi connectivity index (χ4v) is 7.39. The molecule has 54 heavy (non-hydrogen) atoms. The zero-order chi connectivity index (χ0) is 37.1. The summed E-state index contributed by atoms with van der Waals surface area (Å²) in [5, 5.41) is 15.5. The van der Waals surface area contributed by atoms with Gasteiger partial charge < -0.3 is 34.9 Å². The molecule has 2 heterocycles. The zero-order valence-corrected chi connectivity index (χ0v) is 31.0. The van der Waals surface area contributed by atoms with Crippen LogP contribution in [-0.2, 0) is 22.6 Å². The number of urea groups is 1. The fraction of sp³-hybridized carbons (Fsp3) is 0.326. The predicted octanol–water partition coefficient (Wildman–Crippen LogP) is 10.0. The highest BCUT2D eigenvalue weighted by atomic mass is 16.7. The van der Waals surface area contributed by atoms with Gasteiger partial charge in [-0.25, -0.2) is 4.79 Å². The van der Waals surface area contributed by atoms with Crippen molar-refractivity contribution in [3.05, 3.63) is 150 Å². The highest BCUT2D eigenvalue weighted by molar-refractivity contribution is 5.89. The van der Waals surface area contributed by atoms with E-state index in [1.165, 1.54) is 32.1 Å². The van der Waals surface area contributed by atoms with Crippen molar-refractivity contribution in [2.24, 2.45) is 5.92 Å². The molecule has 2 fully saturated rings. The van der Waals surface area contributed by atoms with Crippen molar-refractivity contribution < 1.29 is 24.1 Å². The van der Waals surface area contributed by atoms with Crippen LogP contribution in [0.4, 0.5) is 10.5 Å². The number of benzene rings is 5. The molecular formula is C46H51N3O5. The highest BCUT2D eigenvalue weighted by Crippen LogP contribution is 2.42. The Kier molecular flexibility index (Phi) is 12.7. The molecule has 0 aliphatic carbocycles. The molecule has 8 nitrogen and oxygen atoms in total. The van der Waals surface area contributed by atoms with Crippen molar-refractivity contribution in [2.45, 2.75) is 70.7 Å². The van der Waals surface area contributed by atoms with E-state index >= 15 is 0 Å². The monoisotopic (exact) mass is 725 g/mol. The van der Waals surface area contributed by atoms with Crippen LogP contribution in [0.3, 0.4) is 0 Å². The molecule has 4 atom stereocenters. The number of aliphatic hydroxyl groups is 1. The van der Waals surface area contributed by atoms with Crippen LogP contribution in [0.5, 0.6) is 11.5 Å². The third kappa shape index (κ3) is 9.95. The van der Waals surface area contributed by atoms with Crippen molar-refractivity contribution in [3.63, 3.8) is 0 Å². The minimum Gasteiger partial charge on any atom is -0.457 e. The fourth-order valence-electron chi connectivity index (χ4n) is 7.39. The molecule has 5 aromatic rings. The summed E-state index contributed by atoms with van der Waals surface area (Å²) in [6.45, 7) is 5.72. The van der Waals surface area contributed by atoms with Crippen molar-refractivity contribution in [2.75, 3.05) is 25.0 Å². The molecule has 0 radical (unpaired) electrons. The van der Waals surface area contributed by atoms with E-state index in [-0.39, 0.29) is 30.8 Å². The number of para-hydroxylation sites is 1. The van der Waals surface area contributed by atoms with Crippen LogP contribution in [0.15, 0.2) is 127 Å². The summed E-state index contributed by atoms with van der Waals surface area (Å²) in [4.78, 5) is 15.4. The molecule has 0 spiro atoms. The van der Waals surface area contributed by atoms with Gasteiger partial charge in [-0.15, -0.1) is 0 Å². The first kappa shape index (κ1) is 37.3. The average molecular weight is 726 g/mol. The van der Waals surface area contributed by atoms with E-state index in [2.05, 4.69) is 71.0 Å². The van der Waals surface area contributed by atoms with Crippen molar-refractivity contribution in [1.82, 2.24) is 10.2 Å². The van der Waals surface area contributed by atoms with Gasteiger partial charge in [0, 0.05) is 30.3 Å². The lowest BCUT2D eigenvalue weighted by Gasteiger charge is -2.43. The number of carbonyl (C=O) groups is 1. The predicted molar refractivity (Wildman–Crippen MR) is 213 cm³/mol. The Morgan fingerprint density at radius 2 is 1.41 bits per heavy atom. The van der Waals surface area contributed by atoms with Gasteiger partial charge in [-0.3, -0.25) is 0 Å². The molecule has 3 N–H and O–H groups in total. The normalized spacial score (nSPS) is 20.7. The van der Waals surface area contributed by atoms with Gasteiger partial charge in [-0.05, 0) is 102 Å². The van der Waals surface area contributed by atoms with Gasteiger partial charge in [0.05, 0.1) is 18.8 Å². The number of likely N-dealkylation sites (tertiary alicyclic amines) is 1. The van der Waals surface area contributed by atoms with E-state index in [4.69, 9.17) is 14.2 Å². The number of aliphatic hydroxyl groups excluding tert-OH is 1. The van der Waals surface area contributed by atoms with Crippen LogP contribution in [-0.4, -0.2) is 41.8 Å². The second-order valence-corrected chi connectivity index (χ2v) is 14.5. The smallest absolute Gasteiger partial charge is 0.319 e. The number of ether oxygens (including phenoxy) is 3. The maximum atomic E-state index is 12.8. The van der Waals surface area contributed by atoms with Crippen LogP contribution in [0, 0.1) is 5.92 Å². The average Bonchev–Trinajstić information content (AvgIpc) is 3.20. The van der Waals surface area contributed by atoms with Crippen molar-refractivity contribution >= 4 is 11.7 Å². The Morgan fingerprint density at radius 3 is 2.15 bits per heavy atom. The van der Waals surface area contributed by atoms with Gasteiger partial charge in [-0.1, -0.05) is 105 Å². The number of nitrogens with zero attached hydrogens (tertiary/aromatic N) is 1. The first-order chi connectivity index (χ1) is 26.5. The standard InChI is InChI=1S/C46H51N3O5/c1-33-43(31-49-26-8-3-2-4-9-27-49)53-45(54-44(33)36-20-18-34(32-50)19-21-36)39-15-11-14-38(29-39)37-13-10-12-35(28-37)30-47-46(51)48-40-22-24-42(25-23-40)52-41-16-6-5-7-17-41/h5-7,10-25,28-29,33,43-45,50H,2-4,8-9,26-27,30-32H2,1H3,(H2,47,48,51). The third-order valence-electron chi connectivity index (χ3n) is 10.5. The van der Waals surface area contributed by atoms with E-state index in [9.17, 15) is 9.90 Å². The molecule has 5 aromatic carbocycles. The Labute approximate surface area is 319 Å². The second-order valence-electron chi connectivity index (χ2n) is 14.5. The topological polar surface area (TPSA) is 92.3 Å². The molecule has 0 saturated carbocycles. The van der Waals surface area contributed by atoms with E-state index in [0.717, 1.165) is 58.8 Å². The van der Waals surface area contributed by atoms with Crippen LogP contribution >= 0.6 is 0 Å². The molecule has 2 aliphatic heterocycles. The van der Waals surface area contributed by atoms with Gasteiger partial charge in [0.2, 0.25) is 0 Å². The maximum absolute atomic E-state index is 12.8. The van der Waals surface area contributed by atoms with E-state index in [1.54, 1.807) is 0 Å². The molecule has 2 amide bonds. The zero-order valence-electron chi connectivity index (χ0n) is 31.0. The van der Waals surface area contributed by atoms with Crippen LogP contribution in [0.25, 0.3) is 11.1 Å².